The molecule has 0 amide bonds. The molecule has 4 nitrogen and oxygen atoms in total. The summed E-state index contributed by atoms with van der Waals surface area (Å²) < 4.78 is 87.1. The lowest BCUT2D eigenvalue weighted by molar-refractivity contribution is -0.0761. The van der Waals surface area contributed by atoms with Gasteiger partial charge in [-0.15, -0.1) is 0 Å². The highest BCUT2D eigenvalue weighted by Gasteiger charge is 2.49. The standard InChI is InChI=1S/C8H4Cl2F5NO3S/c9-4-1-5(10)6(16-2-4)7(11,12)3-19-20(17,18)8(13,14)15/h1-2H,3H2. The Kier molecular flexibility index (Phi) is 4.84. The maximum absolute atomic E-state index is 13.5. The van der Waals surface area contributed by atoms with E-state index in [-0.39, 0.29) is 5.02 Å². The Bertz CT molecular complexity index is 605. The minimum Gasteiger partial charge on any atom is -0.256 e. The second kappa shape index (κ2) is 5.58. The van der Waals surface area contributed by atoms with Crippen LogP contribution in [0.5, 0.6) is 0 Å². The monoisotopic (exact) mass is 359 g/mol. The molecule has 0 atom stereocenters. The molecule has 12 heteroatoms. The van der Waals surface area contributed by atoms with Crippen LogP contribution in [0.3, 0.4) is 0 Å². The number of hydrogen-bond acceptors (Lipinski definition) is 4. The highest BCUT2D eigenvalue weighted by atomic mass is 35.5. The summed E-state index contributed by atoms with van der Waals surface area (Å²) >= 11 is 10.8. The van der Waals surface area contributed by atoms with E-state index in [1.807, 2.05) is 0 Å². The van der Waals surface area contributed by atoms with Crippen molar-refractivity contribution in [3.63, 3.8) is 0 Å². The van der Waals surface area contributed by atoms with Crippen LogP contribution in [-0.2, 0) is 20.2 Å². The SMILES string of the molecule is O=S(=O)(OCC(F)(F)c1ncc(Cl)cc1Cl)C(F)(F)F. The lowest BCUT2D eigenvalue weighted by Gasteiger charge is -2.17. The minimum atomic E-state index is -6.14. The molecule has 0 bridgehead atoms. The average molecular weight is 360 g/mol. The maximum atomic E-state index is 13.5. The molecule has 1 rings (SSSR count). The van der Waals surface area contributed by atoms with Gasteiger partial charge < -0.3 is 0 Å². The first kappa shape index (κ1) is 17.3. The van der Waals surface area contributed by atoms with Gasteiger partial charge in [0.15, 0.2) is 0 Å². The molecule has 0 spiro atoms. The van der Waals surface area contributed by atoms with Crippen molar-refractivity contribution < 1.29 is 34.6 Å². The van der Waals surface area contributed by atoms with Crippen LogP contribution >= 0.6 is 23.2 Å². The van der Waals surface area contributed by atoms with E-state index >= 15 is 0 Å². The molecule has 1 aromatic rings. The summed E-state index contributed by atoms with van der Waals surface area (Å²) in [6.45, 7) is -2.09. The first-order chi connectivity index (χ1) is 8.87. The third-order valence-corrected chi connectivity index (χ3v) is 3.32. The predicted octanol–water partition coefficient (Wildman–Crippen LogP) is 3.35. The van der Waals surface area contributed by atoms with E-state index in [9.17, 15) is 30.4 Å². The van der Waals surface area contributed by atoms with Gasteiger partial charge >= 0.3 is 21.5 Å². The van der Waals surface area contributed by atoms with Crippen LogP contribution in [0.15, 0.2) is 12.3 Å². The van der Waals surface area contributed by atoms with E-state index in [1.165, 1.54) is 0 Å². The largest absolute Gasteiger partial charge is 0.523 e. The van der Waals surface area contributed by atoms with Gasteiger partial charge in [-0.25, -0.2) is 0 Å². The zero-order valence-electron chi connectivity index (χ0n) is 9.09. The van der Waals surface area contributed by atoms with Gasteiger partial charge in [0.25, 0.3) is 0 Å². The van der Waals surface area contributed by atoms with Crippen molar-refractivity contribution >= 4 is 33.3 Å². The molecule has 0 aromatic carbocycles. The Morgan fingerprint density at radius 2 is 1.75 bits per heavy atom. The lowest BCUT2D eigenvalue weighted by Crippen LogP contribution is -2.31. The fourth-order valence-electron chi connectivity index (χ4n) is 0.970. The molecule has 0 fully saturated rings. The van der Waals surface area contributed by atoms with Crippen molar-refractivity contribution in [2.45, 2.75) is 11.4 Å². The highest BCUT2D eigenvalue weighted by molar-refractivity contribution is 7.87. The molecule has 0 aliphatic heterocycles. The zero-order valence-corrected chi connectivity index (χ0v) is 11.4. The van der Waals surface area contributed by atoms with E-state index in [0.29, 0.717) is 0 Å². The molecule has 0 unspecified atom stereocenters. The van der Waals surface area contributed by atoms with Gasteiger partial charge in [-0.3, -0.25) is 9.17 Å². The molecule has 1 aromatic heterocycles. The molecule has 0 N–H and O–H groups in total. The minimum absolute atomic E-state index is 0.0848. The Labute approximate surface area is 119 Å². The molecule has 0 aliphatic rings. The Morgan fingerprint density at radius 1 is 1.20 bits per heavy atom. The zero-order chi connectivity index (χ0) is 15.8. The van der Waals surface area contributed by atoms with Crippen LogP contribution in [0, 0.1) is 0 Å². The van der Waals surface area contributed by atoms with Gasteiger partial charge in [0.1, 0.15) is 12.3 Å². The number of hydrogen-bond donors (Lipinski definition) is 0. The summed E-state index contributed by atoms with van der Waals surface area (Å²) in [6.07, 6.45) is 0.773. The van der Waals surface area contributed by atoms with E-state index < -0.39 is 38.9 Å². The van der Waals surface area contributed by atoms with Crippen LogP contribution in [-0.4, -0.2) is 25.5 Å². The average Bonchev–Trinajstić information content (AvgIpc) is 2.24. The van der Waals surface area contributed by atoms with Crippen LogP contribution < -0.4 is 0 Å². The van der Waals surface area contributed by atoms with Gasteiger partial charge in [-0.2, -0.15) is 30.4 Å². The molecule has 0 aliphatic carbocycles. The molecular formula is C8H4Cl2F5NO3S. The summed E-state index contributed by atoms with van der Waals surface area (Å²) in [7, 11) is -6.14. The van der Waals surface area contributed by atoms with Crippen molar-refractivity contribution in [1.29, 1.82) is 0 Å². The van der Waals surface area contributed by atoms with Gasteiger partial charge in [0, 0.05) is 6.20 Å². The first-order valence-electron chi connectivity index (χ1n) is 4.52. The van der Waals surface area contributed by atoms with Gasteiger partial charge in [-0.05, 0) is 6.07 Å². The molecule has 0 saturated heterocycles. The van der Waals surface area contributed by atoms with Crippen LogP contribution in [0.4, 0.5) is 22.0 Å². The molecular weight excluding hydrogens is 356 g/mol. The molecule has 0 saturated carbocycles. The number of halogens is 7. The summed E-state index contributed by atoms with van der Waals surface area (Å²) in [5, 5.41) is -0.728. The molecule has 1 heterocycles. The first-order valence-corrected chi connectivity index (χ1v) is 6.68. The third-order valence-electron chi connectivity index (χ3n) is 1.83. The number of rotatable bonds is 4. The number of alkyl halides is 5. The normalized spacial score (nSPS) is 13.6. The number of aromatic nitrogens is 1. The van der Waals surface area contributed by atoms with Gasteiger partial charge in [0.05, 0.1) is 10.0 Å². The van der Waals surface area contributed by atoms with Crippen molar-refractivity contribution in [3.05, 3.63) is 28.0 Å². The third kappa shape index (κ3) is 3.90. The Morgan fingerprint density at radius 3 is 2.20 bits per heavy atom. The van der Waals surface area contributed by atoms with E-state index in [1.54, 1.807) is 0 Å². The highest BCUT2D eigenvalue weighted by Crippen LogP contribution is 2.35. The van der Waals surface area contributed by atoms with Crippen LogP contribution in [0.25, 0.3) is 0 Å². The van der Waals surface area contributed by atoms with Crippen molar-refractivity contribution in [2.24, 2.45) is 0 Å². The van der Waals surface area contributed by atoms with E-state index in [2.05, 4.69) is 9.17 Å². The smallest absolute Gasteiger partial charge is 0.256 e. The predicted molar refractivity (Wildman–Crippen MR) is 59.1 cm³/mol. The maximum Gasteiger partial charge on any atom is 0.523 e. The van der Waals surface area contributed by atoms with Crippen molar-refractivity contribution in [3.8, 4) is 0 Å². The van der Waals surface area contributed by atoms with Crippen molar-refractivity contribution in [2.75, 3.05) is 6.61 Å². The van der Waals surface area contributed by atoms with Crippen molar-refractivity contribution in [1.82, 2.24) is 4.98 Å². The van der Waals surface area contributed by atoms with Crippen LogP contribution in [0.2, 0.25) is 10.0 Å². The second-order valence-corrected chi connectivity index (χ2v) is 5.80. The summed E-state index contributed by atoms with van der Waals surface area (Å²) in [5.41, 5.74) is -6.96. The van der Waals surface area contributed by atoms with Crippen LogP contribution in [0.1, 0.15) is 5.69 Å². The lowest BCUT2D eigenvalue weighted by atomic mass is 10.2. The Hall–Kier alpha value is -0.710. The fraction of sp³-hybridized carbons (Fsp3) is 0.375. The molecule has 20 heavy (non-hydrogen) atoms. The number of nitrogens with zero attached hydrogens (tertiary/aromatic N) is 1. The fourth-order valence-corrected chi connectivity index (χ4v) is 1.93. The summed E-state index contributed by atoms with van der Waals surface area (Å²) in [5.74, 6) is -4.15. The van der Waals surface area contributed by atoms with Gasteiger partial charge in [-0.1, -0.05) is 23.2 Å². The Balaban J connectivity index is 2.96. The number of pyridine rings is 1. The van der Waals surface area contributed by atoms with Gasteiger partial charge in [0.2, 0.25) is 0 Å². The van der Waals surface area contributed by atoms with E-state index in [4.69, 9.17) is 23.2 Å². The second-order valence-electron chi connectivity index (χ2n) is 3.35. The van der Waals surface area contributed by atoms with E-state index in [0.717, 1.165) is 12.3 Å². The molecule has 0 radical (unpaired) electrons. The quantitative estimate of drug-likeness (QED) is 0.470. The molecule has 114 valence electrons. The topological polar surface area (TPSA) is 56.3 Å². The summed E-state index contributed by atoms with van der Waals surface area (Å²) in [4.78, 5) is 3.14. The summed E-state index contributed by atoms with van der Waals surface area (Å²) in [6, 6.07) is 0.873.